The Hall–Kier alpha value is -2.02. The van der Waals surface area contributed by atoms with Gasteiger partial charge in [-0.05, 0) is 45.0 Å². The molecule has 0 aliphatic heterocycles. The quantitative estimate of drug-likeness (QED) is 0.689. The third kappa shape index (κ3) is 8.47. The van der Waals surface area contributed by atoms with Gasteiger partial charge in [0.25, 0.3) is 5.91 Å². The number of pyridine rings is 1. The van der Waals surface area contributed by atoms with Crippen LogP contribution in [0.2, 0.25) is 0 Å². The van der Waals surface area contributed by atoms with Crippen molar-refractivity contribution < 1.29 is 14.3 Å². The smallest absolute Gasteiger partial charge is 0.251 e. The van der Waals surface area contributed by atoms with Gasteiger partial charge in [-0.2, -0.15) is 0 Å². The van der Waals surface area contributed by atoms with E-state index in [1.165, 1.54) is 0 Å². The Labute approximate surface area is 172 Å². The lowest BCUT2D eigenvalue weighted by Crippen LogP contribution is -2.45. The highest BCUT2D eigenvalue weighted by Crippen LogP contribution is 2.29. The van der Waals surface area contributed by atoms with E-state index in [1.54, 1.807) is 30.6 Å². The Balaban J connectivity index is 0.00000338. The predicted octanol–water partition coefficient (Wildman–Crippen LogP) is 3.37. The highest BCUT2D eigenvalue weighted by atomic mass is 35.5. The summed E-state index contributed by atoms with van der Waals surface area (Å²) in [7, 11) is 0. The fourth-order valence-corrected chi connectivity index (χ4v) is 2.09. The normalized spacial score (nSPS) is 10.2. The number of hydrogen-bond donors (Lipinski definition) is 2. The van der Waals surface area contributed by atoms with E-state index in [9.17, 15) is 4.79 Å². The fourth-order valence-electron chi connectivity index (χ4n) is 2.09. The third-order valence-corrected chi connectivity index (χ3v) is 3.33. The summed E-state index contributed by atoms with van der Waals surface area (Å²) < 4.78 is 11.4. The van der Waals surface area contributed by atoms with Gasteiger partial charge in [-0.3, -0.25) is 9.78 Å². The van der Waals surface area contributed by atoms with Crippen molar-refractivity contribution in [3.63, 3.8) is 0 Å². The molecule has 1 aromatic heterocycles. The van der Waals surface area contributed by atoms with E-state index in [4.69, 9.17) is 15.2 Å². The lowest BCUT2D eigenvalue weighted by Gasteiger charge is -2.19. The molecule has 0 atom stereocenters. The molecule has 2 aromatic rings. The van der Waals surface area contributed by atoms with Crippen molar-refractivity contribution in [2.45, 2.75) is 32.9 Å². The summed E-state index contributed by atoms with van der Waals surface area (Å²) in [5.41, 5.74) is 6.88. The molecule has 0 spiro atoms. The maximum Gasteiger partial charge on any atom is 0.251 e. The van der Waals surface area contributed by atoms with E-state index in [1.807, 2.05) is 32.9 Å². The Morgan fingerprint density at radius 2 is 1.93 bits per heavy atom. The summed E-state index contributed by atoms with van der Waals surface area (Å²) in [6.45, 7) is 6.83. The highest BCUT2D eigenvalue weighted by molar-refractivity contribution is 5.94. The highest BCUT2D eigenvalue weighted by Gasteiger charge is 2.15. The topological polar surface area (TPSA) is 86.5 Å². The van der Waals surface area contributed by atoms with Crippen molar-refractivity contribution in [1.29, 1.82) is 0 Å². The van der Waals surface area contributed by atoms with Gasteiger partial charge in [0.2, 0.25) is 0 Å². The maximum absolute atomic E-state index is 12.3. The number of nitrogens with zero attached hydrogens (tertiary/aromatic N) is 1. The molecule has 0 unspecified atom stereocenters. The van der Waals surface area contributed by atoms with Gasteiger partial charge in [0.1, 0.15) is 6.61 Å². The first-order valence-electron chi connectivity index (χ1n) is 8.24. The minimum absolute atomic E-state index is 0. The lowest BCUT2D eigenvalue weighted by atomic mass is 10.1. The van der Waals surface area contributed by atoms with E-state index in [2.05, 4.69) is 10.3 Å². The minimum atomic E-state index is -0.467. The van der Waals surface area contributed by atoms with Crippen molar-refractivity contribution in [2.75, 3.05) is 13.2 Å². The van der Waals surface area contributed by atoms with Crippen LogP contribution in [0.25, 0.3) is 0 Å². The van der Waals surface area contributed by atoms with Crippen LogP contribution in [0.4, 0.5) is 0 Å². The fraction of sp³-hybridized carbons (Fsp3) is 0.368. The maximum atomic E-state index is 12.3. The Bertz CT molecular complexity index is 707. The van der Waals surface area contributed by atoms with E-state index >= 15 is 0 Å². The molecular weight excluding hydrogens is 389 g/mol. The number of rotatable bonds is 8. The number of halogens is 2. The monoisotopic (exact) mass is 415 g/mol. The molecular formula is C19H27Cl2N3O3. The number of carbonyl (C=O) groups excluding carboxylic acids is 1. The zero-order valence-corrected chi connectivity index (χ0v) is 17.4. The van der Waals surface area contributed by atoms with Crippen LogP contribution in [0.3, 0.4) is 0 Å². The van der Waals surface area contributed by atoms with Crippen LogP contribution >= 0.6 is 24.8 Å². The van der Waals surface area contributed by atoms with Crippen LogP contribution in [0.1, 0.15) is 36.7 Å². The first kappa shape index (κ1) is 25.0. The predicted molar refractivity (Wildman–Crippen MR) is 111 cm³/mol. The zero-order chi connectivity index (χ0) is 18.3. The molecule has 0 fully saturated rings. The second-order valence-electron chi connectivity index (χ2n) is 6.42. The molecule has 3 N–H and O–H groups in total. The first-order valence-corrected chi connectivity index (χ1v) is 8.24. The molecule has 0 radical (unpaired) electrons. The number of ether oxygens (including phenoxy) is 2. The van der Waals surface area contributed by atoms with Gasteiger partial charge >= 0.3 is 0 Å². The largest absolute Gasteiger partial charge is 0.490 e. The summed E-state index contributed by atoms with van der Waals surface area (Å²) in [6.07, 6.45) is 3.46. The second-order valence-corrected chi connectivity index (χ2v) is 6.42. The summed E-state index contributed by atoms with van der Waals surface area (Å²) >= 11 is 0. The van der Waals surface area contributed by atoms with Crippen molar-refractivity contribution in [1.82, 2.24) is 10.3 Å². The number of nitrogens with two attached hydrogens (primary N) is 1. The lowest BCUT2D eigenvalue weighted by molar-refractivity contribution is 0.0945. The first-order chi connectivity index (χ1) is 11.9. The van der Waals surface area contributed by atoms with E-state index < -0.39 is 5.54 Å². The summed E-state index contributed by atoms with van der Waals surface area (Å²) in [4.78, 5) is 16.3. The van der Waals surface area contributed by atoms with E-state index in [0.29, 0.717) is 36.8 Å². The van der Waals surface area contributed by atoms with Gasteiger partial charge < -0.3 is 20.5 Å². The molecule has 2 rings (SSSR count). The Morgan fingerprint density at radius 3 is 2.52 bits per heavy atom. The van der Waals surface area contributed by atoms with Crippen molar-refractivity contribution in [3.8, 4) is 11.5 Å². The number of aromatic nitrogens is 1. The third-order valence-electron chi connectivity index (χ3n) is 3.33. The van der Waals surface area contributed by atoms with Gasteiger partial charge in [-0.15, -0.1) is 24.8 Å². The number of hydrogen-bond acceptors (Lipinski definition) is 5. The van der Waals surface area contributed by atoms with Gasteiger partial charge in [0.05, 0.1) is 6.61 Å². The van der Waals surface area contributed by atoms with Crippen molar-refractivity contribution >= 4 is 30.7 Å². The van der Waals surface area contributed by atoms with Crippen LogP contribution in [-0.2, 0) is 6.61 Å². The molecule has 0 bridgehead atoms. The van der Waals surface area contributed by atoms with Crippen LogP contribution in [0, 0.1) is 0 Å². The number of nitrogens with one attached hydrogen (secondary N) is 1. The number of amides is 1. The number of carbonyl (C=O) groups is 1. The number of benzene rings is 1. The van der Waals surface area contributed by atoms with E-state index in [-0.39, 0.29) is 30.7 Å². The van der Waals surface area contributed by atoms with Crippen LogP contribution in [0.5, 0.6) is 11.5 Å². The van der Waals surface area contributed by atoms with Gasteiger partial charge in [0, 0.05) is 35.6 Å². The Morgan fingerprint density at radius 1 is 1.19 bits per heavy atom. The van der Waals surface area contributed by atoms with Gasteiger partial charge in [-0.1, -0.05) is 6.07 Å². The summed E-state index contributed by atoms with van der Waals surface area (Å²) in [5.74, 6) is 0.922. The van der Waals surface area contributed by atoms with Crippen molar-refractivity contribution in [3.05, 3.63) is 53.9 Å². The molecule has 6 nitrogen and oxygen atoms in total. The zero-order valence-electron chi connectivity index (χ0n) is 15.7. The van der Waals surface area contributed by atoms with E-state index in [0.717, 1.165) is 5.56 Å². The van der Waals surface area contributed by atoms with Crippen LogP contribution in [0.15, 0.2) is 42.7 Å². The molecule has 0 aliphatic carbocycles. The summed E-state index contributed by atoms with van der Waals surface area (Å²) in [6, 6.07) is 8.92. The molecule has 27 heavy (non-hydrogen) atoms. The van der Waals surface area contributed by atoms with Gasteiger partial charge in [0.15, 0.2) is 11.5 Å². The average Bonchev–Trinajstić information content (AvgIpc) is 2.59. The van der Waals surface area contributed by atoms with Gasteiger partial charge in [-0.25, -0.2) is 0 Å². The molecule has 1 heterocycles. The van der Waals surface area contributed by atoms with Crippen molar-refractivity contribution in [2.24, 2.45) is 5.73 Å². The molecule has 1 amide bonds. The standard InChI is InChI=1S/C19H25N3O3.2ClH/c1-4-24-17-10-15(18(23)22-13-19(2,3)20)7-8-16(17)25-12-14-6-5-9-21-11-14;;/h5-11H,4,12-13,20H2,1-3H3,(H,22,23);2*1H. The molecule has 1 aromatic carbocycles. The average molecular weight is 416 g/mol. The SMILES string of the molecule is CCOc1cc(C(=O)NCC(C)(C)N)ccc1OCc1cccnc1.Cl.Cl. The molecule has 0 saturated heterocycles. The molecule has 0 aliphatic rings. The molecule has 0 saturated carbocycles. The summed E-state index contributed by atoms with van der Waals surface area (Å²) in [5, 5.41) is 2.82. The Kier molecular flexibility index (Phi) is 10.8. The minimum Gasteiger partial charge on any atom is -0.490 e. The van der Waals surface area contributed by atoms with Crippen LogP contribution in [-0.4, -0.2) is 29.6 Å². The molecule has 8 heteroatoms. The molecule has 150 valence electrons. The van der Waals surface area contributed by atoms with Crippen LogP contribution < -0.4 is 20.5 Å². The second kappa shape index (κ2) is 11.6.